The number of aliphatic carboxylic acids is 1. The van der Waals surface area contributed by atoms with Crippen LogP contribution in [0.25, 0.3) is 0 Å². The molecule has 1 aromatic carbocycles. The number of hydrogen-bond donors (Lipinski definition) is 1. The molecule has 0 unspecified atom stereocenters. The molecule has 0 aliphatic heterocycles. The third-order valence-electron chi connectivity index (χ3n) is 1.26. The number of rotatable bonds is 0. The van der Waals surface area contributed by atoms with Gasteiger partial charge in [0.15, 0.2) is 0 Å². The second-order valence-electron chi connectivity index (χ2n) is 2.50. The molecule has 0 bridgehead atoms. The number of carboxylic acid groups (broad SMARTS) is 1. The van der Waals surface area contributed by atoms with Gasteiger partial charge in [0.25, 0.3) is 0 Å². The van der Waals surface area contributed by atoms with Gasteiger partial charge >= 0.3 is 6.18 Å². The maximum Gasteiger partial charge on any atom is 0.430 e. The van der Waals surface area contributed by atoms with Crippen molar-refractivity contribution in [2.24, 2.45) is 0 Å². The number of hydrogen-bond acceptors (Lipinski definition) is 2. The van der Waals surface area contributed by atoms with E-state index in [0.29, 0.717) is 10.0 Å². The van der Waals surface area contributed by atoms with Crippen LogP contribution in [-0.4, -0.2) is 12.1 Å². The third-order valence-corrected chi connectivity index (χ3v) is 2.12. The van der Waals surface area contributed by atoms with Gasteiger partial charge in [0, 0.05) is 6.07 Å². The van der Waals surface area contributed by atoms with E-state index in [0.717, 1.165) is 5.69 Å². The molecule has 0 amide bonds. The lowest BCUT2D eigenvalue weighted by molar-refractivity contribution is -0.344. The Labute approximate surface area is 98.6 Å². The van der Waals surface area contributed by atoms with Crippen molar-refractivity contribution in [1.82, 2.24) is 0 Å². The topological polar surface area (TPSA) is 67.8 Å². The van der Waals surface area contributed by atoms with E-state index in [1.165, 1.54) is 0 Å². The van der Waals surface area contributed by atoms with Gasteiger partial charge in [0.05, 0.1) is 5.02 Å². The fraction of sp³-hybridized carbons (Fsp3) is 0.125. The molecule has 0 atom stereocenters. The zero-order valence-electron chi connectivity index (χ0n) is 7.65. The second-order valence-corrected chi connectivity index (χ2v) is 3.28. The monoisotopic (exact) mass is 275 g/mol. The van der Waals surface area contributed by atoms with Crippen LogP contribution in [-0.2, 0) is 4.79 Å². The molecule has 0 aliphatic carbocycles. The van der Waals surface area contributed by atoms with Gasteiger partial charge in [-0.1, -0.05) is 29.3 Å². The highest BCUT2D eigenvalue weighted by Gasteiger charge is 2.28. The van der Waals surface area contributed by atoms with Crippen LogP contribution in [0, 0.1) is 0 Å². The van der Waals surface area contributed by atoms with Crippen LogP contribution in [0.3, 0.4) is 0 Å². The van der Waals surface area contributed by atoms with Crippen molar-refractivity contribution >= 4 is 34.9 Å². The van der Waals surface area contributed by atoms with Gasteiger partial charge in [-0.05, 0) is 6.07 Å². The van der Waals surface area contributed by atoms with E-state index in [1.807, 2.05) is 12.1 Å². The number of quaternary nitrogens is 1. The Bertz CT molecular complexity index is 362. The van der Waals surface area contributed by atoms with E-state index in [1.54, 1.807) is 6.07 Å². The Morgan fingerprint density at radius 3 is 2.00 bits per heavy atom. The summed E-state index contributed by atoms with van der Waals surface area (Å²) in [5.41, 5.74) is 4.43. The van der Waals surface area contributed by atoms with Gasteiger partial charge in [-0.2, -0.15) is 13.2 Å². The first-order valence-electron chi connectivity index (χ1n) is 3.70. The van der Waals surface area contributed by atoms with Crippen LogP contribution < -0.4 is 10.8 Å². The third kappa shape index (κ3) is 5.20. The maximum atomic E-state index is 10.5. The van der Waals surface area contributed by atoms with Crippen LogP contribution in [0.5, 0.6) is 0 Å². The molecule has 0 spiro atoms. The van der Waals surface area contributed by atoms with Crippen molar-refractivity contribution in [3.05, 3.63) is 28.2 Å². The SMILES string of the molecule is O=C([O-])C(F)(F)F.[NH3+]c1cccc(Cl)c1Cl. The maximum absolute atomic E-state index is 10.5. The number of benzene rings is 1. The minimum Gasteiger partial charge on any atom is -0.542 e. The second kappa shape index (κ2) is 5.93. The Kier molecular flexibility index (Phi) is 5.57. The lowest BCUT2D eigenvalue weighted by atomic mass is 10.3. The first-order chi connectivity index (χ1) is 7.16. The van der Waals surface area contributed by atoms with Crippen LogP contribution in [0.1, 0.15) is 0 Å². The molecule has 3 N–H and O–H groups in total. The van der Waals surface area contributed by atoms with E-state index in [-0.39, 0.29) is 0 Å². The lowest BCUT2D eigenvalue weighted by Crippen LogP contribution is -2.40. The molecule has 16 heavy (non-hydrogen) atoms. The van der Waals surface area contributed by atoms with E-state index in [4.69, 9.17) is 33.1 Å². The van der Waals surface area contributed by atoms with Crippen molar-refractivity contribution in [2.45, 2.75) is 6.18 Å². The summed E-state index contributed by atoms with van der Waals surface area (Å²) in [5.74, 6) is -3.01. The highest BCUT2D eigenvalue weighted by atomic mass is 35.5. The van der Waals surface area contributed by atoms with Crippen molar-refractivity contribution in [2.75, 3.05) is 0 Å². The number of carbonyl (C=O) groups excluding carboxylic acids is 1. The van der Waals surface area contributed by atoms with Crippen molar-refractivity contribution in [1.29, 1.82) is 0 Å². The summed E-state index contributed by atoms with van der Waals surface area (Å²) in [5, 5.41) is 9.89. The van der Waals surface area contributed by atoms with Crippen LogP contribution in [0.2, 0.25) is 10.0 Å². The molecule has 0 saturated carbocycles. The smallest absolute Gasteiger partial charge is 0.430 e. The molecular weight excluding hydrogens is 270 g/mol. The minimum absolute atomic E-state index is 0.541. The molecule has 0 aliphatic rings. The van der Waals surface area contributed by atoms with Crippen molar-refractivity contribution in [3.8, 4) is 0 Å². The summed E-state index contributed by atoms with van der Waals surface area (Å²) >= 11 is 11.3. The van der Waals surface area contributed by atoms with Crippen molar-refractivity contribution < 1.29 is 28.8 Å². The summed E-state index contributed by atoms with van der Waals surface area (Å²) in [6.07, 6.45) is -5.19. The van der Waals surface area contributed by atoms with Crippen LogP contribution in [0.15, 0.2) is 18.2 Å². The summed E-state index contributed by atoms with van der Waals surface area (Å²) in [7, 11) is 0. The molecule has 0 heterocycles. The van der Waals surface area contributed by atoms with Gasteiger partial charge < -0.3 is 15.6 Å². The molecule has 3 nitrogen and oxygen atoms in total. The highest BCUT2D eigenvalue weighted by molar-refractivity contribution is 6.43. The minimum atomic E-state index is -5.19. The quantitative estimate of drug-likeness (QED) is 0.772. The Morgan fingerprint density at radius 1 is 1.31 bits per heavy atom. The summed E-state index contributed by atoms with van der Waals surface area (Å²) < 4.78 is 31.5. The largest absolute Gasteiger partial charge is 0.542 e. The van der Waals surface area contributed by atoms with Gasteiger partial charge in [0.2, 0.25) is 0 Å². The average Bonchev–Trinajstić information content (AvgIpc) is 2.13. The number of carbonyl (C=O) groups is 1. The molecule has 0 fully saturated rings. The Balaban J connectivity index is 0.000000293. The molecule has 90 valence electrons. The lowest BCUT2D eigenvalue weighted by Gasteiger charge is -2.03. The predicted molar refractivity (Wildman–Crippen MR) is 50.1 cm³/mol. The zero-order chi connectivity index (χ0) is 12.9. The molecule has 0 radical (unpaired) electrons. The standard InChI is InChI=1S/C6H5Cl2N.C2HF3O2/c7-4-2-1-3-5(9)6(4)8;3-2(4,5)1(6)7/h1-3H,9H2;(H,6,7). The zero-order valence-corrected chi connectivity index (χ0v) is 9.16. The molecule has 1 aromatic rings. The fourth-order valence-corrected chi connectivity index (χ4v) is 0.869. The highest BCUT2D eigenvalue weighted by Crippen LogP contribution is 2.25. The van der Waals surface area contributed by atoms with E-state index in [2.05, 4.69) is 5.73 Å². The van der Waals surface area contributed by atoms with E-state index < -0.39 is 12.1 Å². The first-order valence-corrected chi connectivity index (χ1v) is 4.46. The van der Waals surface area contributed by atoms with Crippen LogP contribution >= 0.6 is 23.2 Å². The first kappa shape index (κ1) is 15.0. The molecule has 0 saturated heterocycles. The van der Waals surface area contributed by atoms with Crippen molar-refractivity contribution in [3.63, 3.8) is 0 Å². The number of carboxylic acids is 1. The van der Waals surface area contributed by atoms with Gasteiger partial charge in [-0.15, -0.1) is 0 Å². The fourth-order valence-electron chi connectivity index (χ4n) is 0.548. The van der Waals surface area contributed by atoms with Crippen LogP contribution in [0.4, 0.5) is 18.9 Å². The normalized spacial score (nSPS) is 10.4. The van der Waals surface area contributed by atoms with Gasteiger partial charge in [0.1, 0.15) is 16.7 Å². The summed E-state index contributed by atoms with van der Waals surface area (Å²) in [6, 6.07) is 5.36. The molecule has 0 aromatic heterocycles. The molecular formula is C8H6Cl2F3NO2. The average molecular weight is 276 g/mol. The Hall–Kier alpha value is -0.980. The molecule has 1 rings (SSSR count). The summed E-state index contributed by atoms with van der Waals surface area (Å²) in [6.45, 7) is 0. The molecule has 8 heteroatoms. The number of alkyl halides is 3. The van der Waals surface area contributed by atoms with E-state index in [9.17, 15) is 13.2 Å². The van der Waals surface area contributed by atoms with Gasteiger partial charge in [-0.3, -0.25) is 0 Å². The number of halogens is 5. The predicted octanol–water partition coefficient (Wildman–Crippen LogP) is 1.17. The Morgan fingerprint density at radius 2 is 1.75 bits per heavy atom. The summed E-state index contributed by atoms with van der Waals surface area (Å²) in [4.78, 5) is 8.78. The van der Waals surface area contributed by atoms with E-state index >= 15 is 0 Å². The van der Waals surface area contributed by atoms with Gasteiger partial charge in [-0.25, -0.2) is 0 Å².